The van der Waals surface area contributed by atoms with Gasteiger partial charge in [-0.2, -0.15) is 0 Å². The van der Waals surface area contributed by atoms with E-state index in [9.17, 15) is 18.0 Å². The molecule has 3 rings (SSSR count). The van der Waals surface area contributed by atoms with Gasteiger partial charge in [-0.15, -0.1) is 0 Å². The number of nitrogens with one attached hydrogen (secondary N) is 1. The molecule has 214 valence electrons. The summed E-state index contributed by atoms with van der Waals surface area (Å²) in [6.07, 6.45) is 0.881. The van der Waals surface area contributed by atoms with E-state index in [0.29, 0.717) is 23.6 Å². The van der Waals surface area contributed by atoms with E-state index >= 15 is 0 Å². The first-order valence-electron chi connectivity index (χ1n) is 13.3. The second kappa shape index (κ2) is 13.3. The van der Waals surface area contributed by atoms with Gasteiger partial charge in [0.1, 0.15) is 12.6 Å². The number of hydrogen-bond donors (Lipinski definition) is 1. The zero-order valence-corrected chi connectivity index (χ0v) is 25.3. The number of anilines is 1. The maximum atomic E-state index is 14.0. The van der Waals surface area contributed by atoms with Gasteiger partial charge in [-0.3, -0.25) is 13.9 Å². The lowest BCUT2D eigenvalue weighted by atomic mass is 10.1. The molecule has 3 aromatic rings. The van der Waals surface area contributed by atoms with Gasteiger partial charge in [0.05, 0.1) is 10.6 Å². The number of halogens is 1. The van der Waals surface area contributed by atoms with E-state index in [-0.39, 0.29) is 17.3 Å². The van der Waals surface area contributed by atoms with Crippen molar-refractivity contribution in [1.29, 1.82) is 0 Å². The molecule has 1 unspecified atom stereocenters. The summed E-state index contributed by atoms with van der Waals surface area (Å²) in [7, 11) is -4.12. The summed E-state index contributed by atoms with van der Waals surface area (Å²) in [4.78, 5) is 28.9. The highest BCUT2D eigenvalue weighted by Crippen LogP contribution is 2.26. The van der Waals surface area contributed by atoms with Crippen LogP contribution in [0.2, 0.25) is 5.02 Å². The molecule has 3 aromatic carbocycles. The topological polar surface area (TPSA) is 86.8 Å². The maximum Gasteiger partial charge on any atom is 0.264 e. The number of nitrogens with zero attached hydrogens (tertiary/aromatic N) is 2. The van der Waals surface area contributed by atoms with Gasteiger partial charge >= 0.3 is 0 Å². The summed E-state index contributed by atoms with van der Waals surface area (Å²) in [5, 5.41) is 3.42. The van der Waals surface area contributed by atoms with Crippen LogP contribution >= 0.6 is 11.6 Å². The standard InChI is InChI=1S/C31H38ClN3O4S/c1-6-28(30(37)33-31(3,4)5)34(21-20-24-10-8-7-9-11-24)29(36)22-35(26-16-14-25(32)15-17-26)40(38,39)27-18-12-23(2)13-19-27/h7-19,28H,6,20-22H2,1-5H3,(H,33,37). The van der Waals surface area contributed by atoms with Crippen LogP contribution < -0.4 is 9.62 Å². The van der Waals surface area contributed by atoms with E-state index in [1.807, 2.05) is 65.0 Å². The zero-order chi connectivity index (χ0) is 29.5. The van der Waals surface area contributed by atoms with Crippen molar-refractivity contribution in [3.63, 3.8) is 0 Å². The fourth-order valence-corrected chi connectivity index (χ4v) is 5.86. The summed E-state index contributed by atoms with van der Waals surface area (Å²) >= 11 is 6.08. The number of carbonyl (C=O) groups is 2. The third-order valence-corrected chi connectivity index (χ3v) is 8.41. The summed E-state index contributed by atoms with van der Waals surface area (Å²) < 4.78 is 28.8. The van der Waals surface area contributed by atoms with Crippen molar-refractivity contribution in [1.82, 2.24) is 10.2 Å². The molecule has 0 heterocycles. The van der Waals surface area contributed by atoms with Gasteiger partial charge in [-0.1, -0.05) is 66.6 Å². The van der Waals surface area contributed by atoms with E-state index < -0.39 is 34.1 Å². The Morgan fingerprint density at radius 1 is 0.925 bits per heavy atom. The number of carbonyl (C=O) groups excluding carboxylic acids is 2. The van der Waals surface area contributed by atoms with E-state index in [2.05, 4.69) is 5.32 Å². The zero-order valence-electron chi connectivity index (χ0n) is 23.7. The van der Waals surface area contributed by atoms with Crippen molar-refractivity contribution >= 4 is 39.1 Å². The van der Waals surface area contributed by atoms with Crippen LogP contribution in [0.15, 0.2) is 83.8 Å². The Kier molecular flexibility index (Phi) is 10.4. The molecule has 7 nitrogen and oxygen atoms in total. The van der Waals surface area contributed by atoms with Gasteiger partial charge in [0.2, 0.25) is 11.8 Å². The van der Waals surface area contributed by atoms with Crippen LogP contribution in [0.3, 0.4) is 0 Å². The molecular formula is C31H38ClN3O4S. The molecule has 2 amide bonds. The van der Waals surface area contributed by atoms with E-state index in [4.69, 9.17) is 11.6 Å². The molecule has 0 aromatic heterocycles. The smallest absolute Gasteiger partial charge is 0.264 e. The van der Waals surface area contributed by atoms with Gasteiger partial charge in [-0.25, -0.2) is 8.42 Å². The molecule has 0 aliphatic carbocycles. The molecule has 0 aliphatic heterocycles. The summed E-state index contributed by atoms with van der Waals surface area (Å²) in [5.41, 5.74) is 1.72. The highest BCUT2D eigenvalue weighted by Gasteiger charge is 2.34. The molecule has 0 fully saturated rings. The lowest BCUT2D eigenvalue weighted by molar-refractivity contribution is -0.140. The first-order valence-corrected chi connectivity index (χ1v) is 15.1. The molecule has 40 heavy (non-hydrogen) atoms. The molecule has 0 radical (unpaired) electrons. The van der Waals surface area contributed by atoms with Gasteiger partial charge in [0.25, 0.3) is 10.0 Å². The lowest BCUT2D eigenvalue weighted by Crippen LogP contribution is -2.56. The molecule has 1 atom stereocenters. The van der Waals surface area contributed by atoms with Gasteiger partial charge in [-0.05, 0) is 82.5 Å². The van der Waals surface area contributed by atoms with Crippen molar-refractivity contribution in [3.05, 3.63) is 95.0 Å². The molecule has 0 bridgehead atoms. The highest BCUT2D eigenvalue weighted by molar-refractivity contribution is 7.92. The molecule has 0 aliphatic rings. The van der Waals surface area contributed by atoms with E-state index in [0.717, 1.165) is 15.4 Å². The van der Waals surface area contributed by atoms with Crippen LogP contribution in [-0.2, 0) is 26.0 Å². The van der Waals surface area contributed by atoms with Crippen LogP contribution in [-0.4, -0.2) is 49.8 Å². The number of benzene rings is 3. The van der Waals surface area contributed by atoms with Crippen molar-refractivity contribution in [3.8, 4) is 0 Å². The van der Waals surface area contributed by atoms with Gasteiger partial charge in [0, 0.05) is 17.1 Å². The minimum atomic E-state index is -4.12. The predicted molar refractivity (Wildman–Crippen MR) is 161 cm³/mol. The number of amides is 2. The monoisotopic (exact) mass is 583 g/mol. The maximum absolute atomic E-state index is 14.0. The van der Waals surface area contributed by atoms with E-state index in [1.165, 1.54) is 17.0 Å². The second-order valence-electron chi connectivity index (χ2n) is 10.8. The quantitative estimate of drug-likeness (QED) is 0.318. The Labute approximate surface area is 243 Å². The largest absolute Gasteiger partial charge is 0.350 e. The first kappa shape index (κ1) is 31.2. The summed E-state index contributed by atoms with van der Waals surface area (Å²) in [6, 6.07) is 21.7. The summed E-state index contributed by atoms with van der Waals surface area (Å²) in [5.74, 6) is -0.756. The fraction of sp³-hybridized carbons (Fsp3) is 0.355. The second-order valence-corrected chi connectivity index (χ2v) is 13.1. The third-order valence-electron chi connectivity index (χ3n) is 6.37. The normalized spacial score (nSPS) is 12.4. The molecule has 0 saturated heterocycles. The third kappa shape index (κ3) is 8.32. The van der Waals surface area contributed by atoms with Crippen LogP contribution in [0.1, 0.15) is 45.2 Å². The van der Waals surface area contributed by atoms with Crippen LogP contribution in [0.5, 0.6) is 0 Å². The average molecular weight is 584 g/mol. The van der Waals surface area contributed by atoms with Gasteiger partial charge in [0.15, 0.2) is 0 Å². The first-order chi connectivity index (χ1) is 18.8. The van der Waals surface area contributed by atoms with Crippen LogP contribution in [0, 0.1) is 6.92 Å². The molecule has 0 spiro atoms. The van der Waals surface area contributed by atoms with Crippen molar-refractivity contribution in [2.75, 3.05) is 17.4 Å². The molecular weight excluding hydrogens is 546 g/mol. The Bertz CT molecular complexity index is 1390. The lowest BCUT2D eigenvalue weighted by Gasteiger charge is -2.34. The Morgan fingerprint density at radius 2 is 1.52 bits per heavy atom. The van der Waals surface area contributed by atoms with Crippen molar-refractivity contribution in [2.45, 2.75) is 63.9 Å². The number of aryl methyl sites for hydroxylation is 1. The Balaban J connectivity index is 2.01. The number of sulfonamides is 1. The number of rotatable bonds is 11. The Morgan fingerprint density at radius 3 is 2.08 bits per heavy atom. The molecule has 9 heteroatoms. The van der Waals surface area contributed by atoms with Crippen molar-refractivity contribution < 1.29 is 18.0 Å². The fourth-order valence-electron chi connectivity index (χ4n) is 4.32. The minimum absolute atomic E-state index is 0.0641. The van der Waals surface area contributed by atoms with Crippen LogP contribution in [0.4, 0.5) is 5.69 Å². The SMILES string of the molecule is CCC(C(=O)NC(C)(C)C)N(CCc1ccccc1)C(=O)CN(c1ccc(Cl)cc1)S(=O)(=O)c1ccc(C)cc1. The average Bonchev–Trinajstić information content (AvgIpc) is 2.90. The molecule has 1 N–H and O–H groups in total. The summed E-state index contributed by atoms with van der Waals surface area (Å²) in [6.45, 7) is 9.12. The highest BCUT2D eigenvalue weighted by atomic mass is 35.5. The van der Waals surface area contributed by atoms with E-state index in [1.54, 1.807) is 36.4 Å². The van der Waals surface area contributed by atoms with Gasteiger partial charge < -0.3 is 10.2 Å². The van der Waals surface area contributed by atoms with Crippen LogP contribution in [0.25, 0.3) is 0 Å². The predicted octanol–water partition coefficient (Wildman–Crippen LogP) is 5.61. The Hall–Kier alpha value is -3.36. The van der Waals surface area contributed by atoms with Crippen molar-refractivity contribution in [2.24, 2.45) is 0 Å². The molecule has 0 saturated carbocycles. The minimum Gasteiger partial charge on any atom is -0.350 e. The number of hydrogen-bond acceptors (Lipinski definition) is 4.